The maximum Gasteiger partial charge on any atom is 0.375 e. The molecule has 24 heavy (non-hydrogen) atoms. The first-order chi connectivity index (χ1) is 11.8. The molecule has 0 saturated carbocycles. The lowest BCUT2D eigenvalue weighted by Gasteiger charge is -2.08. The second kappa shape index (κ2) is 6.63. The molecule has 3 nitrogen and oxygen atoms in total. The summed E-state index contributed by atoms with van der Waals surface area (Å²) in [5, 5.41) is 6.09. The van der Waals surface area contributed by atoms with E-state index in [0.717, 1.165) is 21.8 Å². The van der Waals surface area contributed by atoms with Crippen molar-refractivity contribution in [2.75, 3.05) is 0 Å². The molecule has 118 valence electrons. The molecule has 3 aromatic rings. The molecule has 0 radical (unpaired) electrons. The van der Waals surface area contributed by atoms with Gasteiger partial charge in [0, 0.05) is 21.8 Å². The quantitative estimate of drug-likeness (QED) is 0.484. The van der Waals surface area contributed by atoms with E-state index >= 15 is 0 Å². The number of benzene rings is 2. The summed E-state index contributed by atoms with van der Waals surface area (Å²) in [4.78, 5) is 19.1. The predicted molar refractivity (Wildman–Crippen MR) is 97.8 cm³/mol. The van der Waals surface area contributed by atoms with Crippen LogP contribution in [-0.2, 0) is 10.6 Å². The number of thioether (sulfide) groups is 1. The fraction of sp³-hybridized carbons (Fsp3) is 0.0526. The summed E-state index contributed by atoms with van der Waals surface area (Å²) in [6.07, 6.45) is 0. The molecule has 0 fully saturated rings. The first kappa shape index (κ1) is 15.2. The normalized spacial score (nSPS) is 14.6. The van der Waals surface area contributed by atoms with Crippen LogP contribution in [0.3, 0.4) is 0 Å². The lowest BCUT2D eigenvalue weighted by atomic mass is 9.98. The summed E-state index contributed by atoms with van der Waals surface area (Å²) < 4.78 is 0. The van der Waals surface area contributed by atoms with Gasteiger partial charge in [0.15, 0.2) is 0 Å². The Morgan fingerprint density at radius 1 is 0.958 bits per heavy atom. The number of thiophene rings is 1. The van der Waals surface area contributed by atoms with Crippen molar-refractivity contribution in [3.63, 3.8) is 0 Å². The van der Waals surface area contributed by atoms with E-state index < -0.39 is 5.97 Å². The van der Waals surface area contributed by atoms with E-state index in [1.54, 1.807) is 17.8 Å². The van der Waals surface area contributed by atoms with Gasteiger partial charge in [0.1, 0.15) is 10.6 Å². The van der Waals surface area contributed by atoms with Crippen LogP contribution in [0.1, 0.15) is 26.4 Å². The molecule has 0 amide bonds. The average Bonchev–Trinajstić information content (AvgIpc) is 3.11. The summed E-state index contributed by atoms with van der Waals surface area (Å²) in [5.41, 5.74) is 3.89. The van der Waals surface area contributed by atoms with Crippen LogP contribution in [0, 0.1) is 0 Å². The first-order valence-corrected chi connectivity index (χ1v) is 9.33. The van der Waals surface area contributed by atoms with Gasteiger partial charge in [-0.2, -0.15) is 0 Å². The van der Waals surface area contributed by atoms with Crippen molar-refractivity contribution in [2.24, 2.45) is 5.16 Å². The van der Waals surface area contributed by atoms with Gasteiger partial charge in [-0.3, -0.25) is 0 Å². The number of fused-ring (bicyclic) bond motifs is 2. The second-order valence-electron chi connectivity index (χ2n) is 5.24. The smallest absolute Gasteiger partial charge is 0.311 e. The summed E-state index contributed by atoms with van der Waals surface area (Å²) in [6, 6.07) is 19.7. The van der Waals surface area contributed by atoms with Gasteiger partial charge in [-0.1, -0.05) is 53.7 Å². The van der Waals surface area contributed by atoms with Crippen molar-refractivity contribution in [3.05, 3.63) is 87.6 Å². The summed E-state index contributed by atoms with van der Waals surface area (Å²) in [7, 11) is 0. The lowest BCUT2D eigenvalue weighted by Crippen LogP contribution is -2.08. The van der Waals surface area contributed by atoms with Crippen molar-refractivity contribution in [3.8, 4) is 0 Å². The molecule has 5 heteroatoms. The Balaban J connectivity index is 1.78. The highest BCUT2D eigenvalue weighted by molar-refractivity contribution is 7.98. The van der Waals surface area contributed by atoms with E-state index in [1.165, 1.54) is 16.9 Å². The van der Waals surface area contributed by atoms with Crippen LogP contribution in [0.2, 0.25) is 0 Å². The summed E-state index contributed by atoms with van der Waals surface area (Å²) in [5.74, 6) is 0.440. The summed E-state index contributed by atoms with van der Waals surface area (Å²) in [6.45, 7) is 0. The third kappa shape index (κ3) is 2.88. The van der Waals surface area contributed by atoms with Crippen LogP contribution in [0.25, 0.3) is 0 Å². The zero-order valence-corrected chi connectivity index (χ0v) is 14.3. The number of hydrogen-bond donors (Lipinski definition) is 0. The number of nitrogens with zero attached hydrogens (tertiary/aromatic N) is 1. The zero-order valence-electron chi connectivity index (χ0n) is 12.6. The molecular formula is C19H13NO2S2. The van der Waals surface area contributed by atoms with Gasteiger partial charge in [0.2, 0.25) is 0 Å². The lowest BCUT2D eigenvalue weighted by molar-refractivity contribution is 0.0522. The van der Waals surface area contributed by atoms with Gasteiger partial charge in [0.05, 0.1) is 0 Å². The van der Waals surface area contributed by atoms with Gasteiger partial charge >= 0.3 is 5.97 Å². The second-order valence-corrected chi connectivity index (χ2v) is 7.20. The minimum atomic E-state index is -0.427. The van der Waals surface area contributed by atoms with Crippen LogP contribution in [0.5, 0.6) is 0 Å². The van der Waals surface area contributed by atoms with Crippen molar-refractivity contribution in [2.45, 2.75) is 10.6 Å². The molecule has 2 heterocycles. The van der Waals surface area contributed by atoms with E-state index in [-0.39, 0.29) is 0 Å². The number of hydrogen-bond acceptors (Lipinski definition) is 5. The van der Waals surface area contributed by atoms with Crippen LogP contribution in [0.15, 0.2) is 76.1 Å². The number of carbonyl (C=O) groups is 1. The van der Waals surface area contributed by atoms with Crippen molar-refractivity contribution in [1.82, 2.24) is 0 Å². The molecule has 0 N–H and O–H groups in total. The topological polar surface area (TPSA) is 38.7 Å². The van der Waals surface area contributed by atoms with Gasteiger partial charge in [-0.05, 0) is 23.1 Å². The maximum absolute atomic E-state index is 12.1. The Bertz CT molecular complexity index is 867. The van der Waals surface area contributed by atoms with E-state index in [4.69, 9.17) is 4.84 Å². The van der Waals surface area contributed by atoms with E-state index in [1.807, 2.05) is 47.8 Å². The monoisotopic (exact) mass is 351 g/mol. The van der Waals surface area contributed by atoms with Crippen molar-refractivity contribution < 1.29 is 9.63 Å². The molecule has 1 aromatic heterocycles. The number of carbonyl (C=O) groups excluding carboxylic acids is 1. The molecule has 4 rings (SSSR count). The third-order valence-corrected chi connectivity index (χ3v) is 5.71. The SMILES string of the molecule is O=C(ON=C1c2ccccc2CSc2ccccc21)c1cccs1. The van der Waals surface area contributed by atoms with Crippen molar-refractivity contribution in [1.29, 1.82) is 0 Å². The molecule has 0 bridgehead atoms. The third-order valence-electron chi connectivity index (χ3n) is 3.74. The largest absolute Gasteiger partial charge is 0.375 e. The maximum atomic E-state index is 12.1. The van der Waals surface area contributed by atoms with Gasteiger partial charge in [-0.25, -0.2) is 4.79 Å². The first-order valence-electron chi connectivity index (χ1n) is 7.46. The minimum absolute atomic E-state index is 0.427. The standard InChI is InChI=1S/C19H13NO2S2/c21-19(17-10-5-11-23-17)22-20-18-14-7-2-1-6-13(14)12-24-16-9-4-3-8-15(16)18/h1-11H,12H2. The Morgan fingerprint density at radius 2 is 1.75 bits per heavy atom. The van der Waals surface area contributed by atoms with Gasteiger partial charge in [0.25, 0.3) is 0 Å². The van der Waals surface area contributed by atoms with E-state index in [9.17, 15) is 4.79 Å². The summed E-state index contributed by atoms with van der Waals surface area (Å²) >= 11 is 3.11. The van der Waals surface area contributed by atoms with Gasteiger partial charge in [-0.15, -0.1) is 23.1 Å². The molecule has 0 saturated heterocycles. The number of oxime groups is 1. The fourth-order valence-corrected chi connectivity index (χ4v) is 4.24. The molecule has 1 aliphatic rings. The van der Waals surface area contributed by atoms with Crippen LogP contribution >= 0.6 is 23.1 Å². The van der Waals surface area contributed by atoms with E-state index in [2.05, 4.69) is 17.3 Å². The Labute approximate surface area is 148 Å². The molecular weight excluding hydrogens is 338 g/mol. The molecule has 0 aliphatic carbocycles. The van der Waals surface area contributed by atoms with Crippen LogP contribution in [-0.4, -0.2) is 11.7 Å². The highest BCUT2D eigenvalue weighted by Crippen LogP contribution is 2.34. The highest BCUT2D eigenvalue weighted by Gasteiger charge is 2.20. The van der Waals surface area contributed by atoms with Crippen LogP contribution in [0.4, 0.5) is 0 Å². The molecule has 0 atom stereocenters. The van der Waals surface area contributed by atoms with Gasteiger partial charge < -0.3 is 4.84 Å². The Kier molecular flexibility index (Phi) is 4.19. The predicted octanol–water partition coefficient (Wildman–Crippen LogP) is 4.96. The van der Waals surface area contributed by atoms with E-state index in [0.29, 0.717) is 10.6 Å². The zero-order chi connectivity index (χ0) is 16.4. The molecule has 0 unspecified atom stereocenters. The molecule has 0 spiro atoms. The number of rotatable bonds is 2. The highest BCUT2D eigenvalue weighted by atomic mass is 32.2. The molecule has 2 aromatic carbocycles. The molecule has 1 aliphatic heterocycles. The van der Waals surface area contributed by atoms with Crippen molar-refractivity contribution >= 4 is 34.8 Å². The average molecular weight is 351 g/mol. The Morgan fingerprint density at radius 3 is 2.58 bits per heavy atom. The van der Waals surface area contributed by atoms with Crippen LogP contribution < -0.4 is 0 Å². The minimum Gasteiger partial charge on any atom is -0.311 e. The fourth-order valence-electron chi connectivity index (χ4n) is 2.59. The Hall–Kier alpha value is -2.37.